The van der Waals surface area contributed by atoms with Crippen LogP contribution in [-0.4, -0.2) is 40.5 Å². The van der Waals surface area contributed by atoms with E-state index < -0.39 is 29.7 Å². The van der Waals surface area contributed by atoms with E-state index in [1.165, 1.54) is 6.07 Å². The molecule has 2 atom stereocenters. The maximum atomic E-state index is 13.6. The van der Waals surface area contributed by atoms with E-state index in [9.17, 15) is 22.8 Å². The van der Waals surface area contributed by atoms with Crippen LogP contribution in [0.4, 0.5) is 13.2 Å². The fourth-order valence-electron chi connectivity index (χ4n) is 5.19. The minimum Gasteiger partial charge on any atom is -0.459 e. The summed E-state index contributed by atoms with van der Waals surface area (Å²) in [6, 6.07) is 21.6. The van der Waals surface area contributed by atoms with Crippen LogP contribution in [0.1, 0.15) is 50.2 Å². The minimum absolute atomic E-state index is 0.000846. The molecule has 5 rings (SSSR count). The van der Waals surface area contributed by atoms with E-state index in [1.54, 1.807) is 24.1 Å². The highest BCUT2D eigenvalue weighted by molar-refractivity contribution is 6.03. The lowest BCUT2D eigenvalue weighted by Crippen LogP contribution is -2.49. The number of alkyl halides is 3. The van der Waals surface area contributed by atoms with Gasteiger partial charge in [0.1, 0.15) is 6.10 Å². The molecular weight excluding hydrogens is 505 g/mol. The van der Waals surface area contributed by atoms with Gasteiger partial charge >= 0.3 is 12.1 Å². The van der Waals surface area contributed by atoms with Crippen molar-refractivity contribution < 1.29 is 27.5 Å². The van der Waals surface area contributed by atoms with Crippen molar-refractivity contribution in [3.8, 4) is 0 Å². The average Bonchev–Trinajstić information content (AvgIpc) is 2.92. The third kappa shape index (κ3) is 5.95. The molecule has 39 heavy (non-hydrogen) atoms. The van der Waals surface area contributed by atoms with E-state index in [4.69, 9.17) is 4.74 Å². The quantitative estimate of drug-likeness (QED) is 0.271. The first-order valence-electron chi connectivity index (χ1n) is 12.8. The lowest BCUT2D eigenvalue weighted by Gasteiger charge is -2.39. The second-order valence-corrected chi connectivity index (χ2v) is 9.85. The summed E-state index contributed by atoms with van der Waals surface area (Å²) in [5, 5.41) is 0.693. The topological polar surface area (TPSA) is 59.5 Å². The molecule has 1 aromatic heterocycles. The summed E-state index contributed by atoms with van der Waals surface area (Å²) < 4.78 is 46.3. The normalized spacial score (nSPS) is 17.7. The Morgan fingerprint density at radius 2 is 1.74 bits per heavy atom. The third-order valence-electron chi connectivity index (χ3n) is 7.04. The molecule has 4 aromatic rings. The molecule has 0 unspecified atom stereocenters. The van der Waals surface area contributed by atoms with Gasteiger partial charge in [-0.25, -0.2) is 4.79 Å². The first-order valence-corrected chi connectivity index (χ1v) is 12.8. The highest BCUT2D eigenvalue weighted by Crippen LogP contribution is 2.32. The van der Waals surface area contributed by atoms with Gasteiger partial charge in [0, 0.05) is 42.6 Å². The van der Waals surface area contributed by atoms with Crippen molar-refractivity contribution in [1.82, 2.24) is 9.88 Å². The SMILES string of the molecule is Cc1cc(C(=O)N2CC[C@H](OC(=O)c3ccnc4ccccc34)C[C@H]2Cc2ccccc2)cc(C(F)(F)F)c1. The molecule has 1 amide bonds. The van der Waals surface area contributed by atoms with E-state index in [1.807, 2.05) is 54.6 Å². The first-order chi connectivity index (χ1) is 18.7. The molecule has 0 aliphatic carbocycles. The number of pyridine rings is 1. The summed E-state index contributed by atoms with van der Waals surface area (Å²) in [6.45, 7) is 1.79. The number of benzene rings is 3. The molecule has 3 aromatic carbocycles. The molecule has 1 aliphatic heterocycles. The van der Waals surface area contributed by atoms with Crippen LogP contribution < -0.4 is 0 Å². The zero-order valence-electron chi connectivity index (χ0n) is 21.3. The lowest BCUT2D eigenvalue weighted by atomic mass is 9.92. The number of halogens is 3. The fourth-order valence-corrected chi connectivity index (χ4v) is 5.19. The van der Waals surface area contributed by atoms with Gasteiger partial charge in [0.05, 0.1) is 16.6 Å². The van der Waals surface area contributed by atoms with Gasteiger partial charge in [0.2, 0.25) is 0 Å². The van der Waals surface area contributed by atoms with Gasteiger partial charge in [-0.05, 0) is 54.8 Å². The Hall–Kier alpha value is -4.20. The Kier molecular flexibility index (Phi) is 7.37. The Bertz CT molecular complexity index is 1500. The number of nitrogens with zero attached hydrogens (tertiary/aromatic N) is 2. The third-order valence-corrected chi connectivity index (χ3v) is 7.04. The molecule has 1 saturated heterocycles. The molecule has 0 N–H and O–H groups in total. The molecule has 8 heteroatoms. The average molecular weight is 533 g/mol. The highest BCUT2D eigenvalue weighted by atomic mass is 19.4. The largest absolute Gasteiger partial charge is 0.459 e. The van der Waals surface area contributed by atoms with Gasteiger partial charge in [-0.15, -0.1) is 0 Å². The number of hydrogen-bond donors (Lipinski definition) is 0. The maximum absolute atomic E-state index is 13.6. The number of rotatable bonds is 5. The van der Waals surface area contributed by atoms with Gasteiger partial charge in [0.15, 0.2) is 0 Å². The van der Waals surface area contributed by atoms with Crippen LogP contribution >= 0.6 is 0 Å². The van der Waals surface area contributed by atoms with Crippen LogP contribution in [-0.2, 0) is 17.3 Å². The zero-order valence-corrected chi connectivity index (χ0v) is 21.3. The number of para-hydroxylation sites is 1. The summed E-state index contributed by atoms with van der Waals surface area (Å²) in [5.41, 5.74) is 1.59. The predicted molar refractivity (Wildman–Crippen MR) is 141 cm³/mol. The summed E-state index contributed by atoms with van der Waals surface area (Å²) >= 11 is 0. The zero-order chi connectivity index (χ0) is 27.6. The predicted octanol–water partition coefficient (Wildman–Crippen LogP) is 6.63. The Labute approximate surface area is 224 Å². The summed E-state index contributed by atoms with van der Waals surface area (Å²) in [5.74, 6) is -0.930. The molecule has 0 saturated carbocycles. The standard InChI is InChI=1S/C31H27F3N2O3/c1-20-15-22(18-23(16-20)31(32,33)34)29(37)36-14-12-25(19-24(36)17-21-7-3-2-4-8-21)39-30(38)27-11-13-35-28-10-6-5-9-26(27)28/h2-11,13,15-16,18,24-25H,12,14,17,19H2,1H3/t24-,25+/m1/s1. The van der Waals surface area contributed by atoms with Gasteiger partial charge in [-0.2, -0.15) is 13.2 Å². The number of carbonyl (C=O) groups is 2. The second-order valence-electron chi connectivity index (χ2n) is 9.85. The molecule has 0 spiro atoms. The number of aromatic nitrogens is 1. The number of piperidine rings is 1. The number of amides is 1. The van der Waals surface area contributed by atoms with Crippen molar-refractivity contribution in [2.75, 3.05) is 6.54 Å². The van der Waals surface area contributed by atoms with Crippen LogP contribution in [0.2, 0.25) is 0 Å². The number of esters is 1. The van der Waals surface area contributed by atoms with Crippen molar-refractivity contribution in [3.05, 3.63) is 113 Å². The lowest BCUT2D eigenvalue weighted by molar-refractivity contribution is -0.137. The Balaban J connectivity index is 1.39. The van der Waals surface area contributed by atoms with E-state index >= 15 is 0 Å². The van der Waals surface area contributed by atoms with Crippen LogP contribution in [0.15, 0.2) is 85.1 Å². The number of hydrogen-bond acceptors (Lipinski definition) is 4. The van der Waals surface area contributed by atoms with Crippen LogP contribution in [0, 0.1) is 6.92 Å². The van der Waals surface area contributed by atoms with Crippen molar-refractivity contribution in [2.45, 2.75) is 44.5 Å². The number of aryl methyl sites for hydroxylation is 1. The highest BCUT2D eigenvalue weighted by Gasteiger charge is 2.36. The van der Waals surface area contributed by atoms with Crippen molar-refractivity contribution in [1.29, 1.82) is 0 Å². The molecular formula is C31H27F3N2O3. The molecule has 2 heterocycles. The van der Waals surface area contributed by atoms with Crippen LogP contribution in [0.25, 0.3) is 10.9 Å². The minimum atomic E-state index is -4.55. The molecule has 1 aliphatic rings. The van der Waals surface area contributed by atoms with E-state index in [0.717, 1.165) is 17.7 Å². The summed E-state index contributed by atoms with van der Waals surface area (Å²) in [7, 11) is 0. The van der Waals surface area contributed by atoms with E-state index in [2.05, 4.69) is 4.98 Å². The first kappa shape index (κ1) is 26.4. The monoisotopic (exact) mass is 532 g/mol. The van der Waals surface area contributed by atoms with Crippen LogP contribution in [0.3, 0.4) is 0 Å². The van der Waals surface area contributed by atoms with Crippen molar-refractivity contribution >= 4 is 22.8 Å². The van der Waals surface area contributed by atoms with Crippen molar-refractivity contribution in [3.63, 3.8) is 0 Å². The maximum Gasteiger partial charge on any atom is 0.416 e. The van der Waals surface area contributed by atoms with Crippen LogP contribution in [0.5, 0.6) is 0 Å². The number of likely N-dealkylation sites (tertiary alicyclic amines) is 1. The molecule has 0 radical (unpaired) electrons. The van der Waals surface area contributed by atoms with Crippen molar-refractivity contribution in [2.24, 2.45) is 0 Å². The smallest absolute Gasteiger partial charge is 0.416 e. The van der Waals surface area contributed by atoms with E-state index in [0.29, 0.717) is 41.3 Å². The fraction of sp³-hybridized carbons (Fsp3) is 0.258. The second kappa shape index (κ2) is 10.9. The Morgan fingerprint density at radius 1 is 1.00 bits per heavy atom. The summed E-state index contributed by atoms with van der Waals surface area (Å²) in [4.78, 5) is 32.6. The molecule has 200 valence electrons. The van der Waals surface area contributed by atoms with Gasteiger partial charge in [0.25, 0.3) is 5.91 Å². The number of fused-ring (bicyclic) bond motifs is 1. The molecule has 5 nitrogen and oxygen atoms in total. The number of ether oxygens (including phenoxy) is 1. The summed E-state index contributed by atoms with van der Waals surface area (Å²) in [6.07, 6.45) is -2.21. The Morgan fingerprint density at radius 3 is 2.51 bits per heavy atom. The van der Waals surface area contributed by atoms with Gasteiger partial charge < -0.3 is 9.64 Å². The van der Waals surface area contributed by atoms with E-state index in [-0.39, 0.29) is 18.2 Å². The molecule has 0 bridgehead atoms. The van der Waals surface area contributed by atoms with Gasteiger partial charge in [-0.1, -0.05) is 48.5 Å². The number of carbonyl (C=O) groups excluding carboxylic acids is 2. The van der Waals surface area contributed by atoms with Gasteiger partial charge in [-0.3, -0.25) is 9.78 Å². The molecule has 1 fully saturated rings.